The lowest BCUT2D eigenvalue weighted by molar-refractivity contribution is -0.127. The number of methoxy groups -OCH3 is 2. The summed E-state index contributed by atoms with van der Waals surface area (Å²) < 4.78 is 10.7. The van der Waals surface area contributed by atoms with Crippen LogP contribution in [0.3, 0.4) is 0 Å². The number of benzene rings is 2. The summed E-state index contributed by atoms with van der Waals surface area (Å²) in [4.78, 5) is 42.1. The number of nitrogens with zero attached hydrogens (tertiary/aromatic N) is 1. The van der Waals surface area contributed by atoms with E-state index in [2.05, 4.69) is 10.6 Å². The molecule has 0 aliphatic carbocycles. The van der Waals surface area contributed by atoms with E-state index in [1.807, 2.05) is 20.8 Å². The summed E-state index contributed by atoms with van der Waals surface area (Å²) in [5.74, 6) is -0.330. The van der Waals surface area contributed by atoms with Crippen LogP contribution in [-0.2, 0) is 9.59 Å². The maximum absolute atomic E-state index is 13.9. The van der Waals surface area contributed by atoms with Gasteiger partial charge >= 0.3 is 0 Å². The van der Waals surface area contributed by atoms with Crippen molar-refractivity contribution >= 4 is 46.3 Å². The van der Waals surface area contributed by atoms with Crippen LogP contribution < -0.4 is 25.0 Å². The van der Waals surface area contributed by atoms with Crippen LogP contribution in [0, 0.1) is 0 Å². The molecule has 1 aromatic heterocycles. The Morgan fingerprint density at radius 1 is 1.05 bits per heavy atom. The first kappa shape index (κ1) is 29.0. The molecular weight excluding hydrogens is 526 g/mol. The summed E-state index contributed by atoms with van der Waals surface area (Å²) >= 11 is 7.70. The lowest BCUT2D eigenvalue weighted by Gasteiger charge is -2.35. The standard InChI is InChI=1S/C28H32ClN3O5S/c1-6-28(2,3)31-27(35)25(18-9-7-10-20(15-18)36-4)32(19-12-13-22(37-5)21(29)16-19)24(33)17-30-26(34)23-11-8-14-38-23/h7-16,25H,6,17H2,1-5H3,(H,30,34)(H,31,35)/t25-/m0/s1. The first-order chi connectivity index (χ1) is 18.1. The Kier molecular flexibility index (Phi) is 9.77. The van der Waals surface area contributed by atoms with Crippen molar-refractivity contribution in [2.45, 2.75) is 38.8 Å². The number of carbonyl (C=O) groups excluding carboxylic acids is 3. The highest BCUT2D eigenvalue weighted by molar-refractivity contribution is 7.12. The molecule has 202 valence electrons. The van der Waals surface area contributed by atoms with E-state index in [0.717, 1.165) is 0 Å². The SMILES string of the molecule is CCC(C)(C)NC(=O)[C@H](c1cccc(OC)c1)N(C(=O)CNC(=O)c1cccs1)c1ccc(OC)c(Cl)c1. The number of hydrogen-bond acceptors (Lipinski definition) is 6. The lowest BCUT2D eigenvalue weighted by Crippen LogP contribution is -2.52. The maximum atomic E-state index is 13.9. The lowest BCUT2D eigenvalue weighted by atomic mass is 9.98. The van der Waals surface area contributed by atoms with Crippen LogP contribution in [0.5, 0.6) is 11.5 Å². The Hall–Kier alpha value is -3.56. The molecule has 10 heteroatoms. The van der Waals surface area contributed by atoms with Gasteiger partial charge in [-0.3, -0.25) is 19.3 Å². The molecular formula is C28H32ClN3O5S. The molecule has 2 aromatic carbocycles. The molecule has 0 fully saturated rings. The van der Waals surface area contributed by atoms with Gasteiger partial charge in [-0.05, 0) is 67.6 Å². The van der Waals surface area contributed by atoms with Crippen molar-refractivity contribution in [3.8, 4) is 11.5 Å². The summed E-state index contributed by atoms with van der Waals surface area (Å²) in [5.41, 5.74) is 0.357. The van der Waals surface area contributed by atoms with Gasteiger partial charge in [0.25, 0.3) is 5.91 Å². The summed E-state index contributed by atoms with van der Waals surface area (Å²) in [6.45, 7) is 5.44. The van der Waals surface area contributed by atoms with Gasteiger partial charge in [-0.25, -0.2) is 0 Å². The van der Waals surface area contributed by atoms with E-state index in [9.17, 15) is 14.4 Å². The van der Waals surface area contributed by atoms with Gasteiger partial charge in [0.1, 0.15) is 17.5 Å². The molecule has 0 unspecified atom stereocenters. The maximum Gasteiger partial charge on any atom is 0.261 e. The zero-order valence-corrected chi connectivity index (χ0v) is 23.6. The molecule has 3 aromatic rings. The van der Waals surface area contributed by atoms with Gasteiger partial charge in [0.15, 0.2) is 0 Å². The number of halogens is 1. The predicted molar refractivity (Wildman–Crippen MR) is 150 cm³/mol. The quantitative estimate of drug-likeness (QED) is 0.336. The number of anilines is 1. The fourth-order valence-electron chi connectivity index (χ4n) is 3.70. The number of hydrogen-bond donors (Lipinski definition) is 2. The summed E-state index contributed by atoms with van der Waals surface area (Å²) in [6, 6.07) is 14.1. The van der Waals surface area contributed by atoms with Crippen molar-refractivity contribution < 1.29 is 23.9 Å². The van der Waals surface area contributed by atoms with E-state index in [1.165, 1.54) is 30.5 Å². The zero-order valence-electron chi connectivity index (χ0n) is 22.0. The highest BCUT2D eigenvalue weighted by Gasteiger charge is 2.35. The molecule has 1 heterocycles. The molecule has 38 heavy (non-hydrogen) atoms. The molecule has 0 aliphatic heterocycles. The highest BCUT2D eigenvalue weighted by atomic mass is 35.5. The van der Waals surface area contributed by atoms with Crippen LogP contribution in [0.1, 0.15) is 48.5 Å². The monoisotopic (exact) mass is 557 g/mol. The molecule has 8 nitrogen and oxygen atoms in total. The fraction of sp³-hybridized carbons (Fsp3) is 0.321. The van der Waals surface area contributed by atoms with Gasteiger partial charge < -0.3 is 20.1 Å². The third-order valence-corrected chi connectivity index (χ3v) is 7.25. The normalized spacial score (nSPS) is 11.8. The zero-order chi connectivity index (χ0) is 27.9. The number of rotatable bonds is 11. The minimum absolute atomic E-state index is 0.268. The van der Waals surface area contributed by atoms with E-state index in [0.29, 0.717) is 34.0 Å². The van der Waals surface area contributed by atoms with Crippen molar-refractivity contribution in [3.63, 3.8) is 0 Å². The van der Waals surface area contributed by atoms with Gasteiger partial charge in [-0.15, -0.1) is 11.3 Å². The second kappa shape index (κ2) is 12.8. The van der Waals surface area contributed by atoms with E-state index >= 15 is 0 Å². The second-order valence-electron chi connectivity index (χ2n) is 9.15. The Labute approximate surface area is 231 Å². The summed E-state index contributed by atoms with van der Waals surface area (Å²) in [6.07, 6.45) is 0.669. The van der Waals surface area contributed by atoms with Crippen LogP contribution in [0.2, 0.25) is 5.02 Å². The minimum Gasteiger partial charge on any atom is -0.497 e. The molecule has 2 N–H and O–H groups in total. The van der Waals surface area contributed by atoms with Crippen molar-refractivity contribution in [3.05, 3.63) is 75.4 Å². The average molecular weight is 558 g/mol. The van der Waals surface area contributed by atoms with Crippen LogP contribution in [0.4, 0.5) is 5.69 Å². The van der Waals surface area contributed by atoms with Crippen molar-refractivity contribution in [1.29, 1.82) is 0 Å². The van der Waals surface area contributed by atoms with Crippen molar-refractivity contribution in [2.75, 3.05) is 25.7 Å². The van der Waals surface area contributed by atoms with E-state index in [-0.39, 0.29) is 17.5 Å². The van der Waals surface area contributed by atoms with Crippen LogP contribution >= 0.6 is 22.9 Å². The number of amides is 3. The van der Waals surface area contributed by atoms with E-state index < -0.39 is 23.4 Å². The van der Waals surface area contributed by atoms with Crippen LogP contribution in [0.15, 0.2) is 60.0 Å². The Morgan fingerprint density at radius 3 is 2.42 bits per heavy atom. The number of nitrogens with one attached hydrogen (secondary N) is 2. The van der Waals surface area contributed by atoms with Crippen molar-refractivity contribution in [2.24, 2.45) is 0 Å². The third kappa shape index (κ3) is 7.05. The molecule has 0 radical (unpaired) electrons. The number of carbonyl (C=O) groups is 3. The molecule has 0 aliphatic rings. The Morgan fingerprint density at radius 2 is 1.82 bits per heavy atom. The largest absolute Gasteiger partial charge is 0.497 e. The van der Waals surface area contributed by atoms with Gasteiger partial charge in [0.05, 0.1) is 30.7 Å². The van der Waals surface area contributed by atoms with Gasteiger partial charge in [0.2, 0.25) is 11.8 Å². The Balaban J connectivity index is 2.10. The fourth-order valence-corrected chi connectivity index (χ4v) is 4.59. The van der Waals surface area contributed by atoms with Gasteiger partial charge in [0, 0.05) is 11.2 Å². The molecule has 1 atom stereocenters. The first-order valence-electron chi connectivity index (χ1n) is 12.0. The van der Waals surface area contributed by atoms with E-state index in [1.54, 1.807) is 60.0 Å². The molecule has 0 saturated heterocycles. The topological polar surface area (TPSA) is 97.0 Å². The molecule has 3 amide bonds. The number of ether oxygens (including phenoxy) is 2. The first-order valence-corrected chi connectivity index (χ1v) is 13.3. The number of thiophene rings is 1. The summed E-state index contributed by atoms with van der Waals surface area (Å²) in [7, 11) is 3.02. The molecule has 0 bridgehead atoms. The average Bonchev–Trinajstić information content (AvgIpc) is 3.45. The molecule has 3 rings (SSSR count). The minimum atomic E-state index is -1.09. The predicted octanol–water partition coefficient (Wildman–Crippen LogP) is 5.23. The van der Waals surface area contributed by atoms with Crippen LogP contribution in [-0.4, -0.2) is 44.0 Å². The third-order valence-electron chi connectivity index (χ3n) is 6.09. The summed E-state index contributed by atoms with van der Waals surface area (Å²) in [5, 5.41) is 7.77. The highest BCUT2D eigenvalue weighted by Crippen LogP contribution is 2.35. The van der Waals surface area contributed by atoms with Gasteiger partial charge in [-0.2, -0.15) is 0 Å². The molecule has 0 saturated carbocycles. The smallest absolute Gasteiger partial charge is 0.261 e. The Bertz CT molecular complexity index is 1280. The molecule has 0 spiro atoms. The van der Waals surface area contributed by atoms with Crippen molar-refractivity contribution in [1.82, 2.24) is 10.6 Å². The van der Waals surface area contributed by atoms with Crippen LogP contribution in [0.25, 0.3) is 0 Å². The second-order valence-corrected chi connectivity index (χ2v) is 10.5. The van der Waals surface area contributed by atoms with E-state index in [4.69, 9.17) is 21.1 Å². The van der Waals surface area contributed by atoms with Gasteiger partial charge in [-0.1, -0.05) is 36.7 Å².